The Morgan fingerprint density at radius 1 is 1.24 bits per heavy atom. The van der Waals surface area contributed by atoms with Crippen molar-refractivity contribution in [2.24, 2.45) is 0 Å². The first kappa shape index (κ1) is 17.9. The van der Waals surface area contributed by atoms with Gasteiger partial charge in [0, 0.05) is 31.0 Å². The minimum Gasteiger partial charge on any atom is -0.490 e. The maximum Gasteiger partial charge on any atom is 0.252 e. The largest absolute Gasteiger partial charge is 0.490 e. The predicted octanol–water partition coefficient (Wildman–Crippen LogP) is 4.71. The van der Waals surface area contributed by atoms with Crippen molar-refractivity contribution in [2.45, 2.75) is 69.6 Å². The monoisotopic (exact) mass is 349 g/mol. The van der Waals surface area contributed by atoms with Gasteiger partial charge < -0.3 is 9.64 Å². The van der Waals surface area contributed by atoms with Gasteiger partial charge in [-0.2, -0.15) is 0 Å². The van der Waals surface area contributed by atoms with E-state index in [1.54, 1.807) is 0 Å². The first-order valence-corrected chi connectivity index (χ1v) is 9.04. The van der Waals surface area contributed by atoms with Crippen molar-refractivity contribution >= 4 is 5.91 Å². The van der Waals surface area contributed by atoms with Gasteiger partial charge in [0.2, 0.25) is 5.91 Å². The number of halogens is 2. The van der Waals surface area contributed by atoms with Gasteiger partial charge >= 0.3 is 0 Å². The van der Waals surface area contributed by atoms with Crippen LogP contribution >= 0.6 is 0 Å². The van der Waals surface area contributed by atoms with E-state index in [9.17, 15) is 13.6 Å². The third-order valence-electron chi connectivity index (χ3n) is 5.13. The number of para-hydroxylation sites is 1. The van der Waals surface area contributed by atoms with E-state index in [-0.39, 0.29) is 31.4 Å². The molecule has 3 rings (SSSR count). The summed E-state index contributed by atoms with van der Waals surface area (Å²) in [6, 6.07) is 7.14. The Hall–Kier alpha value is -1.91. The zero-order chi connectivity index (χ0) is 17.9. The van der Waals surface area contributed by atoms with Gasteiger partial charge in [0.1, 0.15) is 5.75 Å². The summed E-state index contributed by atoms with van der Waals surface area (Å²) in [5.41, 5.74) is 0.860. The van der Waals surface area contributed by atoms with Gasteiger partial charge in [-0.3, -0.25) is 4.79 Å². The molecule has 3 nitrogen and oxygen atoms in total. The molecule has 0 atom stereocenters. The number of ether oxygens (including phenoxy) is 1. The second-order valence-corrected chi connectivity index (χ2v) is 7.07. The standard InChI is InChI=1S/C20H25F2NO2/c1-2-19(24)23(16-12-20(21,22)13-16)14-15-8-6-7-11-18(15)25-17-9-4-3-5-10-17/h2,6-8,11,16-17H,1,3-5,9-10,12-14H2. The number of carbonyl (C=O) groups excluding carboxylic acids is 1. The molecule has 136 valence electrons. The van der Waals surface area contributed by atoms with Crippen molar-refractivity contribution in [2.75, 3.05) is 0 Å². The maximum atomic E-state index is 13.3. The molecular formula is C20H25F2NO2. The van der Waals surface area contributed by atoms with Crippen LogP contribution in [0.15, 0.2) is 36.9 Å². The molecule has 2 aliphatic carbocycles. The third-order valence-corrected chi connectivity index (χ3v) is 5.13. The van der Waals surface area contributed by atoms with E-state index in [0.29, 0.717) is 0 Å². The Morgan fingerprint density at radius 3 is 2.56 bits per heavy atom. The SMILES string of the molecule is C=CC(=O)N(Cc1ccccc1OC1CCCCC1)C1CC(F)(F)C1. The Kier molecular flexibility index (Phi) is 5.40. The molecule has 1 amide bonds. The van der Waals surface area contributed by atoms with Crippen LogP contribution in [0.5, 0.6) is 5.75 Å². The Balaban J connectivity index is 1.73. The van der Waals surface area contributed by atoms with Gasteiger partial charge in [-0.1, -0.05) is 31.2 Å². The zero-order valence-electron chi connectivity index (χ0n) is 14.4. The van der Waals surface area contributed by atoms with Gasteiger partial charge in [-0.25, -0.2) is 8.78 Å². The molecule has 2 fully saturated rings. The van der Waals surface area contributed by atoms with E-state index in [1.807, 2.05) is 24.3 Å². The molecule has 0 spiro atoms. The number of carbonyl (C=O) groups is 1. The lowest BCUT2D eigenvalue weighted by molar-refractivity contribution is -0.150. The van der Waals surface area contributed by atoms with Crippen LogP contribution in [-0.2, 0) is 11.3 Å². The summed E-state index contributed by atoms with van der Waals surface area (Å²) in [6.07, 6.45) is 6.51. The van der Waals surface area contributed by atoms with Gasteiger partial charge in [0.05, 0.1) is 6.10 Å². The van der Waals surface area contributed by atoms with Crippen molar-refractivity contribution < 1.29 is 18.3 Å². The number of benzene rings is 1. The van der Waals surface area contributed by atoms with Crippen LogP contribution < -0.4 is 4.74 Å². The first-order valence-electron chi connectivity index (χ1n) is 9.04. The van der Waals surface area contributed by atoms with Crippen molar-refractivity contribution in [1.82, 2.24) is 4.90 Å². The Labute approximate surface area is 147 Å². The molecule has 5 heteroatoms. The molecule has 0 radical (unpaired) electrons. The molecule has 0 aliphatic heterocycles. The van der Waals surface area contributed by atoms with Crippen LogP contribution in [0.1, 0.15) is 50.5 Å². The van der Waals surface area contributed by atoms with Crippen LogP contribution in [0.3, 0.4) is 0 Å². The fraction of sp³-hybridized carbons (Fsp3) is 0.550. The van der Waals surface area contributed by atoms with E-state index in [4.69, 9.17) is 4.74 Å². The van der Waals surface area contributed by atoms with E-state index in [0.717, 1.165) is 24.2 Å². The van der Waals surface area contributed by atoms with Gasteiger partial charge in [-0.05, 0) is 37.8 Å². The topological polar surface area (TPSA) is 29.5 Å². The highest BCUT2D eigenvalue weighted by Crippen LogP contribution is 2.41. The first-order chi connectivity index (χ1) is 12.0. The summed E-state index contributed by atoms with van der Waals surface area (Å²) in [7, 11) is 0. The highest BCUT2D eigenvalue weighted by Gasteiger charge is 2.48. The number of nitrogens with zero attached hydrogens (tertiary/aromatic N) is 1. The highest BCUT2D eigenvalue weighted by atomic mass is 19.3. The van der Waals surface area contributed by atoms with Crippen molar-refractivity contribution in [3.05, 3.63) is 42.5 Å². The van der Waals surface area contributed by atoms with Gasteiger partial charge in [-0.15, -0.1) is 0 Å². The zero-order valence-corrected chi connectivity index (χ0v) is 14.4. The lowest BCUT2D eigenvalue weighted by Gasteiger charge is -2.42. The average Bonchev–Trinajstić information content (AvgIpc) is 2.59. The van der Waals surface area contributed by atoms with Crippen molar-refractivity contribution in [1.29, 1.82) is 0 Å². The van der Waals surface area contributed by atoms with E-state index >= 15 is 0 Å². The van der Waals surface area contributed by atoms with Crippen molar-refractivity contribution in [3.8, 4) is 5.75 Å². The average molecular weight is 349 g/mol. The summed E-state index contributed by atoms with van der Waals surface area (Å²) in [5, 5.41) is 0. The Bertz CT molecular complexity index is 618. The molecule has 1 aromatic carbocycles. The molecule has 25 heavy (non-hydrogen) atoms. The number of hydrogen-bond acceptors (Lipinski definition) is 2. The summed E-state index contributed by atoms with van der Waals surface area (Å²) in [4.78, 5) is 13.7. The van der Waals surface area contributed by atoms with Crippen LogP contribution in [-0.4, -0.2) is 28.9 Å². The molecule has 0 bridgehead atoms. The van der Waals surface area contributed by atoms with Crippen LogP contribution in [0.25, 0.3) is 0 Å². The molecule has 0 unspecified atom stereocenters. The molecule has 1 aromatic rings. The van der Waals surface area contributed by atoms with Crippen molar-refractivity contribution in [3.63, 3.8) is 0 Å². The second-order valence-electron chi connectivity index (χ2n) is 7.07. The third kappa shape index (κ3) is 4.39. The van der Waals surface area contributed by atoms with Crippen LogP contribution in [0, 0.1) is 0 Å². The van der Waals surface area contributed by atoms with E-state index < -0.39 is 12.0 Å². The normalized spacial score (nSPS) is 20.6. The number of alkyl halides is 2. The minimum atomic E-state index is -2.66. The minimum absolute atomic E-state index is 0.200. The summed E-state index contributed by atoms with van der Waals surface area (Å²) in [6.45, 7) is 3.78. The van der Waals surface area contributed by atoms with Gasteiger partial charge in [0.15, 0.2) is 0 Å². The molecule has 0 N–H and O–H groups in total. The summed E-state index contributed by atoms with van der Waals surface area (Å²) < 4.78 is 32.7. The number of rotatable bonds is 6. The molecule has 0 heterocycles. The molecule has 0 saturated heterocycles. The van der Waals surface area contributed by atoms with E-state index in [1.165, 1.54) is 30.2 Å². The molecular weight excluding hydrogens is 324 g/mol. The lowest BCUT2D eigenvalue weighted by atomic mass is 9.86. The number of amides is 1. The highest BCUT2D eigenvalue weighted by molar-refractivity contribution is 5.87. The fourth-order valence-electron chi connectivity index (χ4n) is 3.65. The smallest absolute Gasteiger partial charge is 0.252 e. The molecule has 0 aromatic heterocycles. The quantitative estimate of drug-likeness (QED) is 0.696. The lowest BCUT2D eigenvalue weighted by Crippen LogP contribution is -2.52. The second kappa shape index (κ2) is 7.54. The number of hydrogen-bond donors (Lipinski definition) is 0. The summed E-state index contributed by atoms with van der Waals surface area (Å²) in [5.74, 6) is -2.22. The molecule has 2 saturated carbocycles. The fourth-order valence-corrected chi connectivity index (χ4v) is 3.65. The molecule has 2 aliphatic rings. The predicted molar refractivity (Wildman–Crippen MR) is 92.7 cm³/mol. The van der Waals surface area contributed by atoms with Gasteiger partial charge in [0.25, 0.3) is 5.92 Å². The van der Waals surface area contributed by atoms with Crippen LogP contribution in [0.2, 0.25) is 0 Å². The maximum absolute atomic E-state index is 13.3. The van der Waals surface area contributed by atoms with Crippen LogP contribution in [0.4, 0.5) is 8.78 Å². The Morgan fingerprint density at radius 2 is 1.92 bits per heavy atom. The summed E-state index contributed by atoms with van der Waals surface area (Å²) >= 11 is 0. The van der Waals surface area contributed by atoms with E-state index in [2.05, 4.69) is 6.58 Å².